The van der Waals surface area contributed by atoms with E-state index in [1.807, 2.05) is 19.1 Å². The Hall–Kier alpha value is -2.01. The summed E-state index contributed by atoms with van der Waals surface area (Å²) in [6, 6.07) is 10.7. The van der Waals surface area contributed by atoms with E-state index in [9.17, 15) is 4.79 Å². The van der Waals surface area contributed by atoms with Crippen molar-refractivity contribution in [1.82, 2.24) is 0 Å². The predicted octanol–water partition coefficient (Wildman–Crippen LogP) is 3.60. The van der Waals surface area contributed by atoms with Gasteiger partial charge in [0.2, 0.25) is 0 Å². The average molecular weight is 335 g/mol. The number of halogens is 1. The highest BCUT2D eigenvalue weighted by Crippen LogP contribution is 2.24. The minimum Gasteiger partial charge on any atom is -0.497 e. The number of nitrogens with one attached hydrogen (secondary N) is 1. The maximum atomic E-state index is 12.3. The summed E-state index contributed by atoms with van der Waals surface area (Å²) >= 11 is 3.34. The molecule has 2 rings (SSSR count). The molecule has 5 heteroatoms. The molecule has 0 bridgehead atoms. The molecule has 0 fully saturated rings. The molecule has 2 aromatic rings. The topological polar surface area (TPSA) is 64.3 Å². The number of rotatable bonds is 3. The van der Waals surface area contributed by atoms with Gasteiger partial charge in [0, 0.05) is 27.5 Å². The van der Waals surface area contributed by atoms with Crippen LogP contribution in [-0.4, -0.2) is 13.0 Å². The van der Waals surface area contributed by atoms with E-state index in [-0.39, 0.29) is 5.91 Å². The van der Waals surface area contributed by atoms with Gasteiger partial charge in [-0.2, -0.15) is 0 Å². The largest absolute Gasteiger partial charge is 0.497 e. The maximum Gasteiger partial charge on any atom is 0.256 e. The molecular weight excluding hydrogens is 320 g/mol. The van der Waals surface area contributed by atoms with Gasteiger partial charge in [0.25, 0.3) is 5.91 Å². The summed E-state index contributed by atoms with van der Waals surface area (Å²) in [5.41, 5.74) is 8.42. The van der Waals surface area contributed by atoms with Crippen LogP contribution in [0.4, 0.5) is 11.4 Å². The standard InChI is InChI=1S/C15H15BrN2O2/c1-9-13(6-10(16)7-14(9)17)15(19)18-11-4-3-5-12(8-11)20-2/h3-8H,17H2,1-2H3,(H,18,19). The summed E-state index contributed by atoms with van der Waals surface area (Å²) in [7, 11) is 1.58. The average Bonchev–Trinajstić information content (AvgIpc) is 2.43. The Balaban J connectivity index is 2.28. The van der Waals surface area contributed by atoms with E-state index in [2.05, 4.69) is 21.2 Å². The first-order valence-corrected chi connectivity index (χ1v) is 6.81. The van der Waals surface area contributed by atoms with Gasteiger partial charge in [0.1, 0.15) is 5.75 Å². The zero-order valence-corrected chi connectivity index (χ0v) is 12.8. The number of hydrogen-bond acceptors (Lipinski definition) is 3. The Bertz CT molecular complexity index is 656. The van der Waals surface area contributed by atoms with Gasteiger partial charge in [0.05, 0.1) is 7.11 Å². The molecule has 1 amide bonds. The Morgan fingerprint density at radius 1 is 1.30 bits per heavy atom. The predicted molar refractivity (Wildman–Crippen MR) is 84.2 cm³/mol. The van der Waals surface area contributed by atoms with E-state index in [0.717, 1.165) is 10.0 Å². The van der Waals surface area contributed by atoms with E-state index in [4.69, 9.17) is 10.5 Å². The fourth-order valence-corrected chi connectivity index (χ4v) is 2.31. The third kappa shape index (κ3) is 3.11. The quantitative estimate of drug-likeness (QED) is 0.843. The van der Waals surface area contributed by atoms with Crippen LogP contribution < -0.4 is 15.8 Å². The normalized spacial score (nSPS) is 10.2. The number of benzene rings is 2. The molecule has 0 atom stereocenters. The van der Waals surface area contributed by atoms with Gasteiger partial charge in [-0.15, -0.1) is 0 Å². The van der Waals surface area contributed by atoms with E-state index in [0.29, 0.717) is 22.7 Å². The highest BCUT2D eigenvalue weighted by molar-refractivity contribution is 9.10. The fourth-order valence-electron chi connectivity index (χ4n) is 1.84. The van der Waals surface area contributed by atoms with Crippen molar-refractivity contribution in [3.8, 4) is 5.75 Å². The molecule has 0 aliphatic rings. The molecule has 3 N–H and O–H groups in total. The van der Waals surface area contributed by atoms with Crippen molar-refractivity contribution in [2.75, 3.05) is 18.2 Å². The number of nitrogens with two attached hydrogens (primary N) is 1. The minimum atomic E-state index is -0.205. The van der Waals surface area contributed by atoms with Gasteiger partial charge in [-0.1, -0.05) is 22.0 Å². The number of carbonyl (C=O) groups is 1. The van der Waals surface area contributed by atoms with Gasteiger partial charge >= 0.3 is 0 Å². The number of carbonyl (C=O) groups excluding carboxylic acids is 1. The monoisotopic (exact) mass is 334 g/mol. The summed E-state index contributed by atoms with van der Waals surface area (Å²) in [4.78, 5) is 12.3. The minimum absolute atomic E-state index is 0.205. The van der Waals surface area contributed by atoms with Crippen LogP contribution in [0.3, 0.4) is 0 Å². The van der Waals surface area contributed by atoms with Crippen molar-refractivity contribution < 1.29 is 9.53 Å². The van der Waals surface area contributed by atoms with E-state index >= 15 is 0 Å². The van der Waals surface area contributed by atoms with Gasteiger partial charge in [0.15, 0.2) is 0 Å². The van der Waals surface area contributed by atoms with Crippen molar-refractivity contribution >= 4 is 33.2 Å². The number of nitrogen functional groups attached to an aromatic ring is 1. The Kier molecular flexibility index (Phi) is 4.29. The third-order valence-electron chi connectivity index (χ3n) is 2.98. The number of anilines is 2. The maximum absolute atomic E-state index is 12.3. The number of ether oxygens (including phenoxy) is 1. The molecular formula is C15H15BrN2O2. The molecule has 0 spiro atoms. The summed E-state index contributed by atoms with van der Waals surface area (Å²) in [6.07, 6.45) is 0. The molecule has 0 unspecified atom stereocenters. The lowest BCUT2D eigenvalue weighted by Gasteiger charge is -2.11. The van der Waals surface area contributed by atoms with Crippen LogP contribution in [0.25, 0.3) is 0 Å². The first-order chi connectivity index (χ1) is 9.51. The highest BCUT2D eigenvalue weighted by atomic mass is 79.9. The van der Waals surface area contributed by atoms with Crippen LogP contribution in [0.15, 0.2) is 40.9 Å². The van der Waals surface area contributed by atoms with Gasteiger partial charge in [-0.25, -0.2) is 0 Å². The molecule has 0 aliphatic heterocycles. The molecule has 0 heterocycles. The third-order valence-corrected chi connectivity index (χ3v) is 3.44. The molecule has 20 heavy (non-hydrogen) atoms. The van der Waals surface area contributed by atoms with Crippen molar-refractivity contribution in [3.05, 3.63) is 52.0 Å². The lowest BCUT2D eigenvalue weighted by molar-refractivity contribution is 0.102. The highest BCUT2D eigenvalue weighted by Gasteiger charge is 2.12. The molecule has 4 nitrogen and oxygen atoms in total. The van der Waals surface area contributed by atoms with Crippen LogP contribution in [0.2, 0.25) is 0 Å². The van der Waals surface area contributed by atoms with E-state index in [1.165, 1.54) is 0 Å². The van der Waals surface area contributed by atoms with Crippen LogP contribution in [0, 0.1) is 6.92 Å². The van der Waals surface area contributed by atoms with E-state index < -0.39 is 0 Å². The van der Waals surface area contributed by atoms with Gasteiger partial charge in [-0.3, -0.25) is 4.79 Å². The van der Waals surface area contributed by atoms with Crippen LogP contribution in [0.5, 0.6) is 5.75 Å². The molecule has 0 aromatic heterocycles. The lowest BCUT2D eigenvalue weighted by Crippen LogP contribution is -2.14. The first kappa shape index (κ1) is 14.4. The number of methoxy groups -OCH3 is 1. The summed E-state index contributed by atoms with van der Waals surface area (Å²) < 4.78 is 5.90. The van der Waals surface area contributed by atoms with Gasteiger partial charge in [-0.05, 0) is 36.8 Å². The van der Waals surface area contributed by atoms with Crippen LogP contribution in [-0.2, 0) is 0 Å². The van der Waals surface area contributed by atoms with Crippen LogP contribution >= 0.6 is 15.9 Å². The summed E-state index contributed by atoms with van der Waals surface area (Å²) in [6.45, 7) is 1.82. The van der Waals surface area contributed by atoms with Crippen molar-refractivity contribution in [3.63, 3.8) is 0 Å². The second-order valence-electron chi connectivity index (χ2n) is 4.35. The zero-order valence-electron chi connectivity index (χ0n) is 11.2. The zero-order chi connectivity index (χ0) is 14.7. The van der Waals surface area contributed by atoms with Crippen molar-refractivity contribution in [1.29, 1.82) is 0 Å². The fraction of sp³-hybridized carbons (Fsp3) is 0.133. The molecule has 104 valence electrons. The first-order valence-electron chi connectivity index (χ1n) is 6.02. The van der Waals surface area contributed by atoms with Crippen LogP contribution in [0.1, 0.15) is 15.9 Å². The van der Waals surface area contributed by atoms with Crippen molar-refractivity contribution in [2.45, 2.75) is 6.92 Å². The second-order valence-corrected chi connectivity index (χ2v) is 5.27. The molecule has 0 saturated carbocycles. The smallest absolute Gasteiger partial charge is 0.256 e. The summed E-state index contributed by atoms with van der Waals surface area (Å²) in [5, 5.41) is 2.83. The molecule has 0 radical (unpaired) electrons. The Labute approximate surface area is 126 Å². The second kappa shape index (κ2) is 5.96. The lowest BCUT2D eigenvalue weighted by atomic mass is 10.1. The SMILES string of the molecule is COc1cccc(NC(=O)c2cc(Br)cc(N)c2C)c1. The number of amides is 1. The number of hydrogen-bond donors (Lipinski definition) is 2. The summed E-state index contributed by atoms with van der Waals surface area (Å²) in [5.74, 6) is 0.483. The Morgan fingerprint density at radius 2 is 2.05 bits per heavy atom. The Morgan fingerprint density at radius 3 is 2.75 bits per heavy atom. The van der Waals surface area contributed by atoms with Crippen molar-refractivity contribution in [2.24, 2.45) is 0 Å². The molecule has 0 aliphatic carbocycles. The molecule has 0 saturated heterocycles. The molecule has 2 aromatic carbocycles. The van der Waals surface area contributed by atoms with E-state index in [1.54, 1.807) is 31.4 Å². The van der Waals surface area contributed by atoms with Gasteiger partial charge < -0.3 is 15.8 Å².